The molecule has 0 aliphatic rings. The van der Waals surface area contributed by atoms with Crippen molar-refractivity contribution in [2.24, 2.45) is 0 Å². The number of pyridine rings is 1. The Morgan fingerprint density at radius 1 is 1.30 bits per heavy atom. The molecule has 1 amide bonds. The number of hydrogen-bond donors (Lipinski definition) is 2. The summed E-state index contributed by atoms with van der Waals surface area (Å²) in [7, 11) is 0. The van der Waals surface area contributed by atoms with Crippen molar-refractivity contribution < 1.29 is 18.0 Å². The zero-order valence-corrected chi connectivity index (χ0v) is 11.3. The summed E-state index contributed by atoms with van der Waals surface area (Å²) < 4.78 is 35.7. The number of carbonyl (C=O) groups excluding carboxylic acids is 1. The number of aromatic nitrogens is 1. The van der Waals surface area contributed by atoms with Gasteiger partial charge in [-0.05, 0) is 31.9 Å². The third-order valence-corrected chi connectivity index (χ3v) is 2.55. The molecule has 0 unspecified atom stereocenters. The largest absolute Gasteiger partial charge is 0.389 e. The van der Waals surface area contributed by atoms with E-state index in [4.69, 9.17) is 0 Å². The maximum Gasteiger partial charge on any atom is 0.389 e. The number of nitrogens with one attached hydrogen (secondary N) is 2. The van der Waals surface area contributed by atoms with Crippen molar-refractivity contribution in [3.05, 3.63) is 24.0 Å². The first-order valence-corrected chi connectivity index (χ1v) is 6.47. The highest BCUT2D eigenvalue weighted by atomic mass is 19.4. The zero-order valence-electron chi connectivity index (χ0n) is 11.3. The summed E-state index contributed by atoms with van der Waals surface area (Å²) in [5.74, 6) is -0.375. The van der Waals surface area contributed by atoms with E-state index in [1.165, 1.54) is 0 Å². The van der Waals surface area contributed by atoms with Gasteiger partial charge in [-0.3, -0.25) is 4.79 Å². The van der Waals surface area contributed by atoms with E-state index in [1.54, 1.807) is 18.3 Å². The van der Waals surface area contributed by atoms with Crippen LogP contribution >= 0.6 is 0 Å². The van der Waals surface area contributed by atoms with Crippen molar-refractivity contribution in [3.63, 3.8) is 0 Å². The fraction of sp³-hybridized carbons (Fsp3) is 0.538. The SMILES string of the molecule is CCNc1ccc(C(=O)NCCCCC(F)(F)F)nc1. The van der Waals surface area contributed by atoms with Crippen LogP contribution in [0.1, 0.15) is 36.7 Å². The van der Waals surface area contributed by atoms with Gasteiger partial charge in [-0.25, -0.2) is 4.98 Å². The smallest absolute Gasteiger partial charge is 0.384 e. The van der Waals surface area contributed by atoms with Gasteiger partial charge in [0, 0.05) is 19.5 Å². The Labute approximate surface area is 115 Å². The number of unbranched alkanes of at least 4 members (excludes halogenated alkanes) is 1. The van der Waals surface area contributed by atoms with Crippen LogP contribution in [0.3, 0.4) is 0 Å². The third-order valence-electron chi connectivity index (χ3n) is 2.55. The van der Waals surface area contributed by atoms with Crippen LogP contribution < -0.4 is 10.6 Å². The highest BCUT2D eigenvalue weighted by molar-refractivity contribution is 5.92. The number of alkyl halides is 3. The standard InChI is InChI=1S/C13H18F3N3O/c1-2-17-10-5-6-11(19-9-10)12(20)18-8-4-3-7-13(14,15)16/h5-6,9,17H,2-4,7-8H2,1H3,(H,18,20). The molecule has 0 atom stereocenters. The van der Waals surface area contributed by atoms with E-state index in [2.05, 4.69) is 15.6 Å². The van der Waals surface area contributed by atoms with Gasteiger partial charge < -0.3 is 10.6 Å². The summed E-state index contributed by atoms with van der Waals surface area (Å²) in [5, 5.41) is 5.59. The van der Waals surface area contributed by atoms with Gasteiger partial charge in [0.05, 0.1) is 11.9 Å². The van der Waals surface area contributed by atoms with Crippen LogP contribution in [0, 0.1) is 0 Å². The molecule has 0 aromatic carbocycles. The number of amides is 1. The second-order valence-electron chi connectivity index (χ2n) is 4.29. The lowest BCUT2D eigenvalue weighted by atomic mass is 10.2. The van der Waals surface area contributed by atoms with Crippen molar-refractivity contribution in [3.8, 4) is 0 Å². The molecule has 0 aliphatic heterocycles. The van der Waals surface area contributed by atoms with Crippen LogP contribution in [0.4, 0.5) is 18.9 Å². The maximum atomic E-state index is 11.9. The highest BCUT2D eigenvalue weighted by Crippen LogP contribution is 2.21. The second-order valence-corrected chi connectivity index (χ2v) is 4.29. The number of halogens is 3. The Morgan fingerprint density at radius 3 is 2.60 bits per heavy atom. The minimum atomic E-state index is -4.13. The van der Waals surface area contributed by atoms with E-state index < -0.39 is 12.6 Å². The quantitative estimate of drug-likeness (QED) is 0.759. The molecule has 0 saturated carbocycles. The molecular weight excluding hydrogens is 271 g/mol. The Morgan fingerprint density at radius 2 is 2.05 bits per heavy atom. The lowest BCUT2D eigenvalue weighted by molar-refractivity contribution is -0.135. The lowest BCUT2D eigenvalue weighted by Gasteiger charge is -2.07. The number of hydrogen-bond acceptors (Lipinski definition) is 3. The van der Waals surface area contributed by atoms with Crippen LogP contribution in [0.5, 0.6) is 0 Å². The number of carbonyl (C=O) groups is 1. The van der Waals surface area contributed by atoms with Crippen LogP contribution in [-0.4, -0.2) is 30.2 Å². The Kier molecular flexibility index (Phi) is 6.27. The van der Waals surface area contributed by atoms with Gasteiger partial charge in [-0.2, -0.15) is 13.2 Å². The molecule has 112 valence electrons. The molecule has 4 nitrogen and oxygen atoms in total. The predicted octanol–water partition coefficient (Wildman–Crippen LogP) is 2.98. The van der Waals surface area contributed by atoms with E-state index in [9.17, 15) is 18.0 Å². The van der Waals surface area contributed by atoms with Crippen LogP contribution in [0.25, 0.3) is 0 Å². The summed E-state index contributed by atoms with van der Waals surface area (Å²) in [6, 6.07) is 3.30. The molecule has 1 rings (SSSR count). The van der Waals surface area contributed by atoms with Gasteiger partial charge in [0.15, 0.2) is 0 Å². The average molecular weight is 289 g/mol. The summed E-state index contributed by atoms with van der Waals surface area (Å²) in [6.45, 7) is 2.92. The summed E-state index contributed by atoms with van der Waals surface area (Å²) >= 11 is 0. The first kappa shape index (κ1) is 16.3. The molecule has 0 aliphatic carbocycles. The van der Waals surface area contributed by atoms with E-state index >= 15 is 0 Å². The monoisotopic (exact) mass is 289 g/mol. The second kappa shape index (κ2) is 7.72. The van der Waals surface area contributed by atoms with Gasteiger partial charge in [-0.15, -0.1) is 0 Å². The molecule has 1 aromatic heterocycles. The summed E-state index contributed by atoms with van der Waals surface area (Å²) in [4.78, 5) is 15.6. The lowest BCUT2D eigenvalue weighted by Crippen LogP contribution is -2.25. The first-order chi connectivity index (χ1) is 9.42. The van der Waals surface area contributed by atoms with Gasteiger partial charge in [0.1, 0.15) is 5.69 Å². The fourth-order valence-corrected chi connectivity index (χ4v) is 1.58. The molecule has 0 radical (unpaired) electrons. The molecule has 0 fully saturated rings. The average Bonchev–Trinajstić information content (AvgIpc) is 2.38. The van der Waals surface area contributed by atoms with Gasteiger partial charge >= 0.3 is 6.18 Å². The molecule has 7 heteroatoms. The Balaban J connectivity index is 2.28. The fourth-order valence-electron chi connectivity index (χ4n) is 1.58. The zero-order chi connectivity index (χ0) is 15.0. The van der Waals surface area contributed by atoms with Crippen LogP contribution in [0.15, 0.2) is 18.3 Å². The Hall–Kier alpha value is -1.79. The van der Waals surface area contributed by atoms with Crippen LogP contribution in [-0.2, 0) is 0 Å². The minimum absolute atomic E-state index is 0.0105. The molecule has 0 spiro atoms. The Bertz CT molecular complexity index is 418. The number of nitrogens with zero attached hydrogens (tertiary/aromatic N) is 1. The highest BCUT2D eigenvalue weighted by Gasteiger charge is 2.25. The first-order valence-electron chi connectivity index (χ1n) is 6.47. The van der Waals surface area contributed by atoms with E-state index in [-0.39, 0.29) is 24.6 Å². The van der Waals surface area contributed by atoms with Crippen molar-refractivity contribution in [1.82, 2.24) is 10.3 Å². The molecule has 2 N–H and O–H groups in total. The van der Waals surface area contributed by atoms with Gasteiger partial charge in [0.25, 0.3) is 5.91 Å². The van der Waals surface area contributed by atoms with Gasteiger partial charge in [-0.1, -0.05) is 0 Å². The van der Waals surface area contributed by atoms with Gasteiger partial charge in [0.2, 0.25) is 0 Å². The molecule has 0 bridgehead atoms. The molecule has 20 heavy (non-hydrogen) atoms. The topological polar surface area (TPSA) is 54.0 Å². The number of rotatable bonds is 7. The predicted molar refractivity (Wildman–Crippen MR) is 70.6 cm³/mol. The molecular formula is C13H18F3N3O. The molecule has 0 saturated heterocycles. The number of anilines is 1. The van der Waals surface area contributed by atoms with E-state index in [0.717, 1.165) is 12.2 Å². The van der Waals surface area contributed by atoms with Crippen LogP contribution in [0.2, 0.25) is 0 Å². The van der Waals surface area contributed by atoms with Crippen molar-refractivity contribution in [2.75, 3.05) is 18.4 Å². The van der Waals surface area contributed by atoms with Crippen molar-refractivity contribution in [2.45, 2.75) is 32.4 Å². The van der Waals surface area contributed by atoms with Crippen molar-refractivity contribution >= 4 is 11.6 Å². The normalized spacial score (nSPS) is 11.2. The maximum absolute atomic E-state index is 11.9. The van der Waals surface area contributed by atoms with E-state index in [1.807, 2.05) is 6.92 Å². The molecule has 1 aromatic rings. The molecule has 1 heterocycles. The third kappa shape index (κ3) is 6.40. The summed E-state index contributed by atoms with van der Waals surface area (Å²) in [5.41, 5.74) is 1.07. The minimum Gasteiger partial charge on any atom is -0.384 e. The van der Waals surface area contributed by atoms with Crippen molar-refractivity contribution in [1.29, 1.82) is 0 Å². The summed E-state index contributed by atoms with van der Waals surface area (Å²) in [6.07, 6.45) is -3.11. The van der Waals surface area contributed by atoms with E-state index in [0.29, 0.717) is 6.42 Å².